The number of methoxy groups -OCH3 is 4. The molecule has 0 aliphatic heterocycles. The normalized spacial score (nSPS) is 10.8. The van der Waals surface area contributed by atoms with Crippen molar-refractivity contribution in [1.82, 2.24) is 0 Å². The third kappa shape index (κ3) is 24.0. The van der Waals surface area contributed by atoms with Crippen molar-refractivity contribution in [1.29, 1.82) is 0 Å². The maximum Gasteiger partial charge on any atom is 1.00 e. The first-order valence-electron chi connectivity index (χ1n) is 16.5. The van der Waals surface area contributed by atoms with Crippen molar-refractivity contribution in [2.75, 3.05) is 28.4 Å². The summed E-state index contributed by atoms with van der Waals surface area (Å²) in [5.74, 6) is -1.58. The van der Waals surface area contributed by atoms with Crippen LogP contribution in [0.15, 0.2) is 54.6 Å². The summed E-state index contributed by atoms with van der Waals surface area (Å²) in [5.41, 5.74) is 3.23. The molecule has 0 aliphatic carbocycles. The van der Waals surface area contributed by atoms with Gasteiger partial charge in [0.2, 0.25) is 5.75 Å². The predicted molar refractivity (Wildman–Crippen MR) is 198 cm³/mol. The number of phosphoric acid groups is 3. The Morgan fingerprint density at radius 1 is 0.431 bits per heavy atom. The van der Waals surface area contributed by atoms with Gasteiger partial charge in [-0.15, -0.1) is 0 Å². The number of hydrogen-bond donors (Lipinski definition) is 4. The van der Waals surface area contributed by atoms with Gasteiger partial charge in [0.05, 0.1) is 54.9 Å². The zero-order chi connectivity index (χ0) is 44.1. The van der Waals surface area contributed by atoms with Crippen molar-refractivity contribution in [3.05, 3.63) is 99.1 Å². The fourth-order valence-electron chi connectivity index (χ4n) is 5.27. The largest absolute Gasteiger partial charge is 1.00 e. The van der Waals surface area contributed by atoms with Crippen molar-refractivity contribution in [3.8, 4) is 40.2 Å². The molecule has 0 aliphatic rings. The molecule has 0 unspecified atom stereocenters. The van der Waals surface area contributed by atoms with E-state index in [1.165, 1.54) is 63.8 Å². The fraction of sp³-hybridized carbons (Fsp3) is 0.222. The molecule has 0 atom stereocenters. The van der Waals surface area contributed by atoms with E-state index in [2.05, 4.69) is 13.6 Å². The van der Waals surface area contributed by atoms with Gasteiger partial charge in [-0.2, -0.15) is 0 Å². The summed E-state index contributed by atoms with van der Waals surface area (Å²) < 4.78 is 66.5. The van der Waals surface area contributed by atoms with Crippen LogP contribution in [0.5, 0.6) is 40.2 Å². The second kappa shape index (κ2) is 34.6. The van der Waals surface area contributed by atoms with Crippen LogP contribution in [0.25, 0.3) is 24.3 Å². The Bertz CT molecular complexity index is 2250. The molecule has 0 amide bonds. The third-order valence-electron chi connectivity index (χ3n) is 7.80. The van der Waals surface area contributed by atoms with Gasteiger partial charge in [-0.3, -0.25) is 0 Å². The second-order valence-electron chi connectivity index (χ2n) is 11.6. The van der Waals surface area contributed by atoms with Gasteiger partial charge in [-0.25, -0.2) is 0 Å². The van der Waals surface area contributed by atoms with Crippen molar-refractivity contribution < 1.29 is 273 Å². The van der Waals surface area contributed by atoms with Crippen LogP contribution < -0.4 is 239 Å². The molecule has 0 bridgehead atoms. The van der Waals surface area contributed by atoms with Gasteiger partial charge >= 0.3 is 177 Å². The van der Waals surface area contributed by atoms with Gasteiger partial charge in [0, 0.05) is 16.7 Å². The van der Waals surface area contributed by atoms with Gasteiger partial charge in [0.1, 0.15) is 35.0 Å². The molecule has 0 radical (unpaired) electrons. The molecule has 0 saturated heterocycles. The Morgan fingerprint density at radius 3 is 1.18 bits per heavy atom. The van der Waals surface area contributed by atoms with Crippen LogP contribution in [0, 0.1) is 0 Å². The van der Waals surface area contributed by atoms with E-state index in [4.69, 9.17) is 18.9 Å². The Hall–Kier alpha value is 1.25. The standard InChI is InChI=1S/C18H22O12P2.C18H21O8P.6Na/c1-27-15-6-5-12(17(29-31(21,22)23)18(15)30-32(24,25)26)4-3-11-7-13(9-19)14(10-20)16(8-11)28-2;1-24-16-6-5-12(8-18(16)26-27(21,22)23)3-4-13-7-14(10-19)15(11-20)17(9-13)25-2;;;;;;/h3-8,19-20H,9-10H2,1-2H3,(H2,21,22,23)(H2,24,25,26);3-9,19-20H,10-11H2,1-2H3,(H2,21,22,23);;;;;;/q;;6*+1/p-6/b2*4-3-;;;;;;. The van der Waals surface area contributed by atoms with Gasteiger partial charge in [0.25, 0.3) is 0 Å². The Kier molecular flexibility index (Phi) is 38.7. The molecule has 0 aromatic heterocycles. The summed E-state index contributed by atoms with van der Waals surface area (Å²) in [6, 6.07) is 13.2. The van der Waals surface area contributed by atoms with E-state index in [1.807, 2.05) is 0 Å². The average Bonchev–Trinajstić information content (AvgIpc) is 3.17. The monoisotopic (exact) mass is 1020 g/mol. The first-order chi connectivity index (χ1) is 27.7. The molecule has 20 nitrogen and oxygen atoms in total. The molecule has 0 fully saturated rings. The average molecular weight is 1020 g/mol. The van der Waals surface area contributed by atoms with Crippen LogP contribution in [0.2, 0.25) is 0 Å². The molecular weight excluding hydrogens is 983 g/mol. The van der Waals surface area contributed by atoms with Crippen molar-refractivity contribution in [2.24, 2.45) is 0 Å². The van der Waals surface area contributed by atoms with Gasteiger partial charge in [-0.05, 0) is 76.3 Å². The second-order valence-corrected chi connectivity index (χ2v) is 14.8. The number of rotatable bonds is 18. The molecule has 0 saturated carbocycles. The first-order valence-corrected chi connectivity index (χ1v) is 20.8. The zero-order valence-corrected chi connectivity index (χ0v) is 52.2. The minimum atomic E-state index is -5.71. The SMILES string of the molecule is COc1cc(/C=C\c2ccc(OC)c(OP(=O)([O-])[O-])c2OP(=O)([O-])[O-])cc(CO)c1CO.COc1ccc(/C=C\c2cc(CO)c(CO)c(OC)c2)cc1OP(=O)([O-])[O-].[Na+].[Na+].[Na+].[Na+].[Na+].[Na+]. The smallest absolute Gasteiger partial charge is 0.780 e. The minimum Gasteiger partial charge on any atom is -0.780 e. The van der Waals surface area contributed by atoms with Gasteiger partial charge < -0.3 is 96.0 Å². The molecule has 29 heteroatoms. The van der Waals surface area contributed by atoms with E-state index in [0.717, 1.165) is 13.2 Å². The Labute approximate surface area is 507 Å². The zero-order valence-electron chi connectivity index (χ0n) is 37.5. The third-order valence-corrected chi connectivity index (χ3v) is 9.03. The predicted octanol–water partition coefficient (Wildman–Crippen LogP) is -17.6. The number of benzene rings is 4. The minimum absolute atomic E-state index is 0. The summed E-state index contributed by atoms with van der Waals surface area (Å²) in [6.07, 6.45) is 5.96. The van der Waals surface area contributed by atoms with Crippen molar-refractivity contribution in [2.45, 2.75) is 26.4 Å². The molecule has 4 aromatic rings. The van der Waals surface area contributed by atoms with Crippen LogP contribution in [-0.2, 0) is 40.1 Å². The number of aliphatic hydroxyl groups is 4. The number of hydrogen-bond acceptors (Lipinski definition) is 20. The Morgan fingerprint density at radius 2 is 0.800 bits per heavy atom. The molecule has 4 N–H and O–H groups in total. The number of phosphoric ester groups is 3. The molecule has 4 rings (SSSR count). The van der Waals surface area contributed by atoms with Crippen LogP contribution in [0.4, 0.5) is 0 Å². The molecule has 0 heterocycles. The van der Waals surface area contributed by atoms with Crippen molar-refractivity contribution in [3.63, 3.8) is 0 Å². The van der Waals surface area contributed by atoms with E-state index in [9.17, 15) is 63.5 Å². The first kappa shape index (κ1) is 72.8. The molecule has 0 spiro atoms. The van der Waals surface area contributed by atoms with Crippen LogP contribution in [0.3, 0.4) is 0 Å². The summed E-state index contributed by atoms with van der Waals surface area (Å²) in [4.78, 5) is 66.4. The van der Waals surface area contributed by atoms with E-state index in [0.29, 0.717) is 44.7 Å². The fourth-order valence-corrected chi connectivity index (χ4v) is 6.47. The summed E-state index contributed by atoms with van der Waals surface area (Å²) in [5, 5.41) is 37.9. The molecule has 322 valence electrons. The topological polar surface area (TPSA) is 335 Å². The van der Waals surface area contributed by atoms with E-state index < -0.39 is 48.2 Å². The van der Waals surface area contributed by atoms with Crippen LogP contribution in [-0.4, -0.2) is 48.9 Å². The van der Waals surface area contributed by atoms with Crippen molar-refractivity contribution >= 4 is 47.8 Å². The molecule has 65 heavy (non-hydrogen) atoms. The number of aliphatic hydroxyl groups excluding tert-OH is 4. The van der Waals surface area contributed by atoms with E-state index in [-0.39, 0.29) is 219 Å². The van der Waals surface area contributed by atoms with E-state index in [1.54, 1.807) is 30.4 Å². The quantitative estimate of drug-likeness (QED) is 0.0408. The van der Waals surface area contributed by atoms with Gasteiger partial charge in [0.15, 0.2) is 23.0 Å². The maximum absolute atomic E-state index is 11.2. The van der Waals surface area contributed by atoms with Crippen LogP contribution >= 0.6 is 23.5 Å². The molecule has 4 aromatic carbocycles. The summed E-state index contributed by atoms with van der Waals surface area (Å²) in [7, 11) is -11.4. The van der Waals surface area contributed by atoms with Crippen LogP contribution in [0.1, 0.15) is 44.5 Å². The van der Waals surface area contributed by atoms with E-state index >= 15 is 0 Å². The Balaban J connectivity index is -0.000000530. The summed E-state index contributed by atoms with van der Waals surface area (Å²) in [6.45, 7) is -1.35. The summed E-state index contributed by atoms with van der Waals surface area (Å²) >= 11 is 0. The molecular formula is C36H37Na6O20P3. The maximum atomic E-state index is 11.2. The van der Waals surface area contributed by atoms with Gasteiger partial charge in [-0.1, -0.05) is 30.4 Å². The number of ether oxygens (including phenoxy) is 4.